The predicted octanol–water partition coefficient (Wildman–Crippen LogP) is 4.65. The van der Waals surface area contributed by atoms with Crippen molar-refractivity contribution in [2.24, 2.45) is 11.8 Å². The molecule has 3 aliphatic rings. The number of amides is 3. The van der Waals surface area contributed by atoms with Crippen LogP contribution in [0.25, 0.3) is 0 Å². The average Bonchev–Trinajstić information content (AvgIpc) is 3.71. The van der Waals surface area contributed by atoms with Gasteiger partial charge in [-0.3, -0.25) is 19.2 Å². The zero-order chi connectivity index (χ0) is 35.1. The van der Waals surface area contributed by atoms with Gasteiger partial charge >= 0.3 is 5.97 Å². The number of hydrogen-bond donors (Lipinski definition) is 2. The van der Waals surface area contributed by atoms with Crippen LogP contribution < -0.4 is 5.32 Å². The van der Waals surface area contributed by atoms with Crippen molar-refractivity contribution in [2.75, 3.05) is 26.2 Å². The summed E-state index contributed by atoms with van der Waals surface area (Å²) in [5, 5.41) is 13.6. The summed E-state index contributed by atoms with van der Waals surface area (Å²) < 4.78 is 12.9. The number of esters is 1. The molecule has 10 nitrogen and oxygen atoms in total. The fourth-order valence-electron chi connectivity index (χ4n) is 7.59. The van der Waals surface area contributed by atoms with Crippen molar-refractivity contribution >= 4 is 39.6 Å². The quantitative estimate of drug-likeness (QED) is 0.138. The van der Waals surface area contributed by atoms with Crippen LogP contribution in [0.15, 0.2) is 86.0 Å². The summed E-state index contributed by atoms with van der Waals surface area (Å²) >= 11 is 3.73. The molecule has 262 valence electrons. The Balaban J connectivity index is 1.52. The minimum absolute atomic E-state index is 0.0350. The SMILES string of the molecule is C=CCCC(=O)NC[C@@H](OC(=O)[C@H]1[C@@H]2O[C@@]3(CC2Br)[C@@H]1C(=O)N([C@H](CO)c1ccccc1)[C@@H]3C(=O)N(CC=C)CCCC)c1ccccc1. The van der Waals surface area contributed by atoms with Gasteiger partial charge < -0.3 is 29.7 Å². The van der Waals surface area contributed by atoms with Gasteiger partial charge in [0.1, 0.15) is 17.7 Å². The summed E-state index contributed by atoms with van der Waals surface area (Å²) in [6, 6.07) is 16.3. The van der Waals surface area contributed by atoms with Crippen molar-refractivity contribution in [3.63, 3.8) is 0 Å². The van der Waals surface area contributed by atoms with E-state index in [9.17, 15) is 24.3 Å². The minimum atomic E-state index is -1.34. The lowest BCUT2D eigenvalue weighted by atomic mass is 9.70. The fraction of sp³-hybridized carbons (Fsp3) is 0.474. The first-order chi connectivity index (χ1) is 23.7. The molecule has 3 amide bonds. The van der Waals surface area contributed by atoms with Crippen molar-refractivity contribution in [3.8, 4) is 0 Å². The normalized spacial score (nSPS) is 26.5. The van der Waals surface area contributed by atoms with E-state index >= 15 is 0 Å². The zero-order valence-corrected chi connectivity index (χ0v) is 29.5. The molecule has 0 aromatic heterocycles. The Labute approximate surface area is 296 Å². The molecule has 5 rings (SSSR count). The lowest BCUT2D eigenvalue weighted by Crippen LogP contribution is -2.57. The second kappa shape index (κ2) is 16.3. The van der Waals surface area contributed by atoms with Gasteiger partial charge in [-0.2, -0.15) is 0 Å². The van der Waals surface area contributed by atoms with Crippen molar-refractivity contribution in [1.29, 1.82) is 0 Å². The number of allylic oxidation sites excluding steroid dienone is 1. The van der Waals surface area contributed by atoms with Crippen molar-refractivity contribution in [1.82, 2.24) is 15.1 Å². The summed E-state index contributed by atoms with van der Waals surface area (Å²) in [6.07, 6.45) is 4.45. The Morgan fingerprint density at radius 2 is 1.80 bits per heavy atom. The first-order valence-electron chi connectivity index (χ1n) is 17.0. The number of alkyl halides is 1. The van der Waals surface area contributed by atoms with Crippen molar-refractivity contribution in [2.45, 2.75) is 73.7 Å². The van der Waals surface area contributed by atoms with Crippen molar-refractivity contribution in [3.05, 3.63) is 97.1 Å². The van der Waals surface area contributed by atoms with Gasteiger partial charge in [0.05, 0.1) is 37.1 Å². The number of fused-ring (bicyclic) bond motifs is 1. The van der Waals surface area contributed by atoms with E-state index in [1.54, 1.807) is 17.1 Å². The van der Waals surface area contributed by atoms with Gasteiger partial charge in [-0.05, 0) is 30.4 Å². The molecule has 3 saturated heterocycles. The van der Waals surface area contributed by atoms with Crippen LogP contribution in [-0.2, 0) is 28.7 Å². The van der Waals surface area contributed by atoms with Gasteiger partial charge in [0.15, 0.2) is 0 Å². The van der Waals surface area contributed by atoms with E-state index < -0.39 is 60.2 Å². The highest BCUT2D eigenvalue weighted by atomic mass is 79.9. The molecule has 2 N–H and O–H groups in total. The van der Waals surface area contributed by atoms with E-state index in [0.717, 1.165) is 12.8 Å². The summed E-state index contributed by atoms with van der Waals surface area (Å²) in [7, 11) is 0. The number of ether oxygens (including phenoxy) is 2. The van der Waals surface area contributed by atoms with Crippen LogP contribution in [0.5, 0.6) is 0 Å². The third-order valence-corrected chi connectivity index (χ3v) is 10.7. The number of hydrogen-bond acceptors (Lipinski definition) is 7. The second-order valence-corrected chi connectivity index (χ2v) is 14.1. The molecule has 11 heteroatoms. The summed E-state index contributed by atoms with van der Waals surface area (Å²) in [5.74, 6) is -3.66. The van der Waals surface area contributed by atoms with Gasteiger partial charge in [-0.1, -0.05) is 102 Å². The highest BCUT2D eigenvalue weighted by molar-refractivity contribution is 9.09. The van der Waals surface area contributed by atoms with Gasteiger partial charge in [0.2, 0.25) is 17.7 Å². The molecule has 0 radical (unpaired) electrons. The topological polar surface area (TPSA) is 125 Å². The number of aliphatic hydroxyl groups is 1. The molecule has 2 bridgehead atoms. The standard InChI is InChI=1S/C38H46BrN3O7/c1-4-7-19-30(44)40-23-29(26-17-13-10-14-18-26)48-37(47)31-32-35(45)42(28(24-43)25-15-11-9-12-16-25)34(38(32)22-27(39)33(31)49-38)36(46)41(20-6-3)21-8-5-2/h4,6,9-18,27-29,31-34,43H,1,3,5,7-8,19-24H2,2H3,(H,40,44)/t27?,28-,29-,31-,32+,33-,34-,38+/m1/s1. The van der Waals surface area contributed by atoms with Crippen molar-refractivity contribution < 1.29 is 33.8 Å². The molecule has 1 spiro atoms. The largest absolute Gasteiger partial charge is 0.455 e. The highest BCUT2D eigenvalue weighted by Crippen LogP contribution is 2.61. The maximum absolute atomic E-state index is 14.8. The van der Waals surface area contributed by atoms with Crippen LogP contribution >= 0.6 is 15.9 Å². The van der Waals surface area contributed by atoms with E-state index in [4.69, 9.17) is 9.47 Å². The molecule has 49 heavy (non-hydrogen) atoms. The van der Waals surface area contributed by atoms with Crippen LogP contribution in [0.2, 0.25) is 0 Å². The average molecular weight is 737 g/mol. The maximum atomic E-state index is 14.8. The molecule has 0 saturated carbocycles. The number of aliphatic hydroxyl groups excluding tert-OH is 1. The molecule has 1 unspecified atom stereocenters. The number of carbonyl (C=O) groups is 4. The molecule has 2 aromatic rings. The van der Waals surface area contributed by atoms with Gasteiger partial charge in [0, 0.05) is 24.3 Å². The zero-order valence-electron chi connectivity index (χ0n) is 27.9. The second-order valence-electron chi connectivity index (χ2n) is 12.9. The van der Waals surface area contributed by atoms with Gasteiger partial charge in [-0.15, -0.1) is 13.2 Å². The van der Waals surface area contributed by atoms with E-state index in [1.807, 2.05) is 67.6 Å². The molecule has 3 fully saturated rings. The first kappa shape index (κ1) is 36.5. The predicted molar refractivity (Wildman–Crippen MR) is 188 cm³/mol. The lowest BCUT2D eigenvalue weighted by Gasteiger charge is -2.39. The Bertz CT molecular complexity index is 1510. The number of unbranched alkanes of at least 4 members (excludes halogenated alkanes) is 1. The number of likely N-dealkylation sites (tertiary alicyclic amines) is 1. The maximum Gasteiger partial charge on any atom is 0.313 e. The molecule has 8 atom stereocenters. The monoisotopic (exact) mass is 735 g/mol. The van der Waals surface area contributed by atoms with E-state index in [1.165, 1.54) is 4.90 Å². The Morgan fingerprint density at radius 1 is 1.12 bits per heavy atom. The van der Waals surface area contributed by atoms with E-state index in [0.29, 0.717) is 30.5 Å². The molecular formula is C38H46BrN3O7. The van der Waals surface area contributed by atoms with Crippen LogP contribution in [-0.4, -0.2) is 87.4 Å². The number of benzene rings is 2. The van der Waals surface area contributed by atoms with Crippen LogP contribution in [0, 0.1) is 11.8 Å². The highest BCUT2D eigenvalue weighted by Gasteiger charge is 2.77. The Hall–Kier alpha value is -3.80. The van der Waals surface area contributed by atoms with E-state index in [-0.39, 0.29) is 36.2 Å². The third kappa shape index (κ3) is 7.25. The number of carbonyl (C=O) groups excluding carboxylic acids is 4. The summed E-state index contributed by atoms with van der Waals surface area (Å²) in [6.45, 7) is 9.89. The van der Waals surface area contributed by atoms with Gasteiger partial charge in [-0.25, -0.2) is 0 Å². The third-order valence-electron chi connectivity index (χ3n) is 9.86. The van der Waals surface area contributed by atoms with Crippen LogP contribution in [0.3, 0.4) is 0 Å². The summed E-state index contributed by atoms with van der Waals surface area (Å²) in [5.41, 5.74) is 0.00437. The van der Waals surface area contributed by atoms with Crippen LogP contribution in [0.1, 0.15) is 62.3 Å². The van der Waals surface area contributed by atoms with E-state index in [2.05, 4.69) is 34.4 Å². The lowest BCUT2D eigenvalue weighted by molar-refractivity contribution is -0.161. The smallest absolute Gasteiger partial charge is 0.313 e. The molecule has 0 aliphatic carbocycles. The first-order valence-corrected chi connectivity index (χ1v) is 18.0. The molecule has 3 heterocycles. The molecular weight excluding hydrogens is 690 g/mol. The minimum Gasteiger partial charge on any atom is -0.455 e. The van der Waals surface area contributed by atoms with Gasteiger partial charge in [0.25, 0.3) is 0 Å². The summed E-state index contributed by atoms with van der Waals surface area (Å²) in [4.78, 5) is 59.1. The number of nitrogens with zero attached hydrogens (tertiary/aromatic N) is 2. The molecule has 3 aliphatic heterocycles. The number of nitrogens with one attached hydrogen (secondary N) is 1. The number of rotatable bonds is 17. The number of halogens is 1. The Morgan fingerprint density at radius 3 is 2.41 bits per heavy atom. The van der Waals surface area contributed by atoms with Crippen LogP contribution in [0.4, 0.5) is 0 Å². The Kier molecular flexibility index (Phi) is 12.1. The molecule has 2 aromatic carbocycles. The fourth-order valence-corrected chi connectivity index (χ4v) is 8.54.